The van der Waals surface area contributed by atoms with Crippen molar-refractivity contribution in [3.05, 3.63) is 134 Å². The molecule has 0 aromatic rings. The number of hydrogen-bond acceptors (Lipinski definition) is 7. The van der Waals surface area contributed by atoms with Gasteiger partial charge >= 0.3 is 19.8 Å². The summed E-state index contributed by atoms with van der Waals surface area (Å²) in [5.41, 5.74) is 0. The number of esters is 2. The third kappa shape index (κ3) is 57.4. The lowest BCUT2D eigenvalue weighted by Crippen LogP contribution is -2.37. The van der Waals surface area contributed by atoms with Crippen molar-refractivity contribution in [3.8, 4) is 0 Å². The summed E-state index contributed by atoms with van der Waals surface area (Å²) in [6, 6.07) is 0. The molecule has 0 rings (SSSR count). The third-order valence-electron chi connectivity index (χ3n) is 11.7. The van der Waals surface area contributed by atoms with Gasteiger partial charge in [0.2, 0.25) is 0 Å². The molecule has 0 heterocycles. The third-order valence-corrected chi connectivity index (χ3v) is 12.7. The minimum absolute atomic E-state index is 0.0181. The lowest BCUT2D eigenvalue weighted by atomic mass is 10.0. The Bertz CT molecular complexity index is 1710. The summed E-state index contributed by atoms with van der Waals surface area (Å²) < 4.78 is 34.5. The van der Waals surface area contributed by atoms with E-state index in [1.807, 2.05) is 21.1 Å². The lowest BCUT2D eigenvalue weighted by Gasteiger charge is -2.24. The van der Waals surface area contributed by atoms with Crippen LogP contribution in [0.5, 0.6) is 0 Å². The molecule has 9 nitrogen and oxygen atoms in total. The number of nitrogens with zero attached hydrogens (tertiary/aromatic N) is 1. The van der Waals surface area contributed by atoms with Crippen LogP contribution in [0.25, 0.3) is 0 Å². The van der Waals surface area contributed by atoms with E-state index in [0.717, 1.165) is 128 Å². The maximum Gasteiger partial charge on any atom is 0.472 e. The van der Waals surface area contributed by atoms with Crippen LogP contribution in [0.1, 0.15) is 206 Å². The number of phosphoric ester groups is 1. The van der Waals surface area contributed by atoms with Crippen molar-refractivity contribution in [1.82, 2.24) is 0 Å². The van der Waals surface area contributed by atoms with Gasteiger partial charge in [-0.2, -0.15) is 0 Å². The van der Waals surface area contributed by atoms with E-state index in [0.29, 0.717) is 17.4 Å². The van der Waals surface area contributed by atoms with Gasteiger partial charge in [0.05, 0.1) is 27.7 Å². The molecule has 0 bridgehead atoms. The minimum Gasteiger partial charge on any atom is -0.462 e. The smallest absolute Gasteiger partial charge is 0.462 e. The first-order valence-corrected chi connectivity index (χ1v) is 30.4. The summed E-state index contributed by atoms with van der Waals surface area (Å²) in [5, 5.41) is 0. The monoisotopic (exact) mass is 1050 g/mol. The van der Waals surface area contributed by atoms with Crippen LogP contribution < -0.4 is 0 Å². The Balaban J connectivity index is 4.26. The number of allylic oxidation sites excluding steroid dienone is 22. The van der Waals surface area contributed by atoms with Gasteiger partial charge in [-0.05, 0) is 109 Å². The van der Waals surface area contributed by atoms with Gasteiger partial charge in [-0.1, -0.05) is 218 Å². The molecule has 0 spiro atoms. The van der Waals surface area contributed by atoms with E-state index in [2.05, 4.69) is 148 Å². The van der Waals surface area contributed by atoms with Crippen LogP contribution in [0.15, 0.2) is 134 Å². The van der Waals surface area contributed by atoms with Crippen molar-refractivity contribution < 1.29 is 42.1 Å². The van der Waals surface area contributed by atoms with Crippen molar-refractivity contribution in [2.45, 2.75) is 213 Å². The second-order valence-electron chi connectivity index (χ2n) is 19.9. The van der Waals surface area contributed by atoms with Gasteiger partial charge in [-0.15, -0.1) is 0 Å². The van der Waals surface area contributed by atoms with Gasteiger partial charge in [-0.3, -0.25) is 18.6 Å². The van der Waals surface area contributed by atoms with Crippen molar-refractivity contribution in [3.63, 3.8) is 0 Å². The first kappa shape index (κ1) is 70.1. The zero-order valence-corrected chi connectivity index (χ0v) is 48.4. The van der Waals surface area contributed by atoms with Gasteiger partial charge in [0.15, 0.2) is 6.10 Å². The Morgan fingerprint density at radius 3 is 1.08 bits per heavy atom. The van der Waals surface area contributed by atoms with Gasteiger partial charge in [-0.25, -0.2) is 4.57 Å². The van der Waals surface area contributed by atoms with Gasteiger partial charge < -0.3 is 18.9 Å². The van der Waals surface area contributed by atoms with Crippen LogP contribution in [-0.2, 0) is 32.7 Å². The summed E-state index contributed by atoms with van der Waals surface area (Å²) in [6.07, 6.45) is 78.0. The van der Waals surface area contributed by atoms with Crippen LogP contribution in [0.3, 0.4) is 0 Å². The molecule has 0 saturated carbocycles. The predicted octanol–water partition coefficient (Wildman–Crippen LogP) is 18.1. The highest BCUT2D eigenvalue weighted by Crippen LogP contribution is 2.43. The summed E-state index contributed by atoms with van der Waals surface area (Å²) in [4.78, 5) is 35.7. The van der Waals surface area contributed by atoms with Gasteiger partial charge in [0.1, 0.15) is 19.8 Å². The molecular weight excluding hydrogens is 942 g/mol. The van der Waals surface area contributed by atoms with Crippen LogP contribution in [0.4, 0.5) is 0 Å². The standard InChI is InChI=1S/C64H106NO8P/c1-6-8-10-12-14-16-18-20-22-24-26-28-30-31-32-33-35-36-38-40-42-44-46-48-50-52-54-56-63(66)70-60-62(61-72-74(68,69)71-59-58-65(3,4)5)73-64(67)57-55-53-51-49-47-45-43-41-39-37-34-29-27-25-23-21-19-17-15-13-11-9-7-2/h8-11,14-17,20-23,26-29,31-32,37,39,43,45,62H,6-7,12-13,18-19,24-25,30,33-36,38,40-42,44,46-61H2,1-5H3/p+1/b10-8-,11-9-,16-14-,17-15-,22-20-,23-21-,28-26-,29-27-,32-31-,39-37-,45-43-. The molecule has 0 fully saturated rings. The zero-order valence-electron chi connectivity index (χ0n) is 47.5. The average Bonchev–Trinajstić information content (AvgIpc) is 3.36. The number of likely N-dealkylation sites (N-methyl/N-ethyl adjacent to an activating group) is 1. The molecule has 0 saturated heterocycles. The summed E-state index contributed by atoms with van der Waals surface area (Å²) in [5.74, 6) is -0.840. The molecule has 10 heteroatoms. The van der Waals surface area contributed by atoms with E-state index in [4.69, 9.17) is 18.5 Å². The Hall–Kier alpha value is -3.85. The molecule has 1 N–H and O–H groups in total. The molecule has 0 aliphatic heterocycles. The molecule has 420 valence electrons. The quantitative estimate of drug-likeness (QED) is 0.0211. The maximum absolute atomic E-state index is 12.8. The van der Waals surface area contributed by atoms with E-state index < -0.39 is 26.5 Å². The normalized spacial score (nSPS) is 14.3. The Kier molecular flexibility index (Phi) is 51.2. The maximum atomic E-state index is 12.8. The first-order chi connectivity index (χ1) is 36.0. The fourth-order valence-corrected chi connectivity index (χ4v) is 8.02. The van der Waals surface area contributed by atoms with E-state index in [1.54, 1.807) is 0 Å². The van der Waals surface area contributed by atoms with E-state index in [-0.39, 0.29) is 32.0 Å². The number of quaternary nitrogens is 1. The van der Waals surface area contributed by atoms with Crippen molar-refractivity contribution in [2.75, 3.05) is 47.5 Å². The van der Waals surface area contributed by atoms with Gasteiger partial charge in [0.25, 0.3) is 0 Å². The van der Waals surface area contributed by atoms with Crippen LogP contribution >= 0.6 is 7.82 Å². The van der Waals surface area contributed by atoms with Crippen molar-refractivity contribution in [2.24, 2.45) is 0 Å². The topological polar surface area (TPSA) is 108 Å². The van der Waals surface area contributed by atoms with E-state index in [9.17, 15) is 19.0 Å². The Morgan fingerprint density at radius 2 is 0.730 bits per heavy atom. The number of unbranched alkanes of at least 4 members (excludes halogenated alkanes) is 15. The molecule has 74 heavy (non-hydrogen) atoms. The molecule has 0 aromatic heterocycles. The largest absolute Gasteiger partial charge is 0.472 e. The lowest BCUT2D eigenvalue weighted by molar-refractivity contribution is -0.870. The highest BCUT2D eigenvalue weighted by atomic mass is 31.2. The van der Waals surface area contributed by atoms with E-state index in [1.165, 1.54) is 44.9 Å². The summed E-state index contributed by atoms with van der Waals surface area (Å²) in [6.45, 7) is 4.15. The number of phosphoric acid groups is 1. The summed E-state index contributed by atoms with van der Waals surface area (Å²) >= 11 is 0. The number of hydrogen-bond donors (Lipinski definition) is 1. The fraction of sp³-hybridized carbons (Fsp3) is 0.625. The molecule has 2 atom stereocenters. The molecule has 0 aliphatic rings. The zero-order chi connectivity index (χ0) is 54.2. The number of ether oxygens (including phenoxy) is 2. The Morgan fingerprint density at radius 1 is 0.419 bits per heavy atom. The molecule has 0 amide bonds. The van der Waals surface area contributed by atoms with Gasteiger partial charge in [0, 0.05) is 12.8 Å². The second-order valence-corrected chi connectivity index (χ2v) is 21.4. The molecule has 0 aliphatic carbocycles. The average molecular weight is 1050 g/mol. The van der Waals surface area contributed by atoms with Crippen LogP contribution in [0, 0.1) is 0 Å². The molecule has 2 unspecified atom stereocenters. The number of carbonyl (C=O) groups excluding carboxylic acids is 2. The van der Waals surface area contributed by atoms with Crippen LogP contribution in [-0.4, -0.2) is 74.9 Å². The second kappa shape index (κ2) is 54.0. The minimum atomic E-state index is -4.40. The van der Waals surface area contributed by atoms with Crippen molar-refractivity contribution in [1.29, 1.82) is 0 Å². The predicted molar refractivity (Wildman–Crippen MR) is 316 cm³/mol. The molecular formula is C64H107NO8P+. The molecule has 0 radical (unpaired) electrons. The molecule has 0 aromatic carbocycles. The van der Waals surface area contributed by atoms with Crippen LogP contribution in [0.2, 0.25) is 0 Å². The van der Waals surface area contributed by atoms with E-state index >= 15 is 0 Å². The summed E-state index contributed by atoms with van der Waals surface area (Å²) in [7, 11) is 1.44. The fourth-order valence-electron chi connectivity index (χ4n) is 7.28. The first-order valence-electron chi connectivity index (χ1n) is 28.9. The SMILES string of the molecule is CC/C=C\C/C=C\C/C=C\C/C=C\C/C=C\C/C=C\CCCCCCC(=O)OC(COC(=O)CCCCCCCCCCCCC/C=C\C/C=C\C/C=C\C/C=C\C/C=C\CC)COP(=O)(O)OCC[N+](C)(C)C. The highest BCUT2D eigenvalue weighted by molar-refractivity contribution is 7.47. The number of rotatable bonds is 51. The van der Waals surface area contributed by atoms with Crippen molar-refractivity contribution >= 4 is 19.8 Å². The highest BCUT2D eigenvalue weighted by Gasteiger charge is 2.27. The number of carbonyl (C=O) groups is 2. The Labute approximate surface area is 453 Å².